The third-order valence-corrected chi connectivity index (χ3v) is 3.65. The summed E-state index contributed by atoms with van der Waals surface area (Å²) in [6, 6.07) is 19.5. The van der Waals surface area contributed by atoms with E-state index in [1.54, 1.807) is 0 Å². The van der Waals surface area contributed by atoms with Gasteiger partial charge in [0.15, 0.2) is 0 Å². The molecule has 0 bridgehead atoms. The summed E-state index contributed by atoms with van der Waals surface area (Å²) in [5, 5.41) is 3.50. The number of hydrogen-bond donors (Lipinski definition) is 0. The molecular formula is C15H12S. The van der Waals surface area contributed by atoms with Crippen LogP contribution in [0.4, 0.5) is 0 Å². The van der Waals surface area contributed by atoms with Gasteiger partial charge in [-0.05, 0) is 40.4 Å². The molecule has 0 saturated carbocycles. The van der Waals surface area contributed by atoms with Gasteiger partial charge in [0.25, 0.3) is 0 Å². The van der Waals surface area contributed by atoms with E-state index in [-0.39, 0.29) is 0 Å². The van der Waals surface area contributed by atoms with Crippen LogP contribution in [0.15, 0.2) is 60.0 Å². The smallest absolute Gasteiger partial charge is 0.0345 e. The molecule has 1 aromatic heterocycles. The van der Waals surface area contributed by atoms with Gasteiger partial charge in [0, 0.05) is 4.70 Å². The molecule has 1 heteroatoms. The van der Waals surface area contributed by atoms with Crippen molar-refractivity contribution in [1.29, 1.82) is 0 Å². The fraction of sp³-hybridized carbons (Fsp3) is 0.0667. The second-order valence-corrected chi connectivity index (χ2v) is 4.90. The average molecular weight is 224 g/mol. The first kappa shape index (κ1) is 9.61. The molecule has 0 saturated heterocycles. The lowest BCUT2D eigenvalue weighted by molar-refractivity contribution is 1.20. The lowest BCUT2D eigenvalue weighted by Gasteiger charge is -2.01. The van der Waals surface area contributed by atoms with Crippen molar-refractivity contribution in [1.82, 2.24) is 0 Å². The predicted molar refractivity (Wildman–Crippen MR) is 71.1 cm³/mol. The fourth-order valence-corrected chi connectivity index (χ4v) is 2.79. The highest BCUT2D eigenvalue weighted by atomic mass is 32.1. The zero-order valence-electron chi connectivity index (χ0n) is 8.89. The summed E-state index contributed by atoms with van der Waals surface area (Å²) >= 11 is 1.81. The Kier molecular flexibility index (Phi) is 2.47. The number of fused-ring (bicyclic) bond motifs is 1. The van der Waals surface area contributed by atoms with E-state index in [1.807, 2.05) is 11.3 Å². The minimum Gasteiger partial charge on any atom is -0.144 e. The minimum atomic E-state index is 1.02. The van der Waals surface area contributed by atoms with Crippen LogP contribution in [0.1, 0.15) is 11.1 Å². The van der Waals surface area contributed by atoms with Crippen LogP contribution in [0.2, 0.25) is 0 Å². The van der Waals surface area contributed by atoms with E-state index in [1.165, 1.54) is 21.2 Å². The Morgan fingerprint density at radius 1 is 0.812 bits per heavy atom. The van der Waals surface area contributed by atoms with Gasteiger partial charge in [-0.1, -0.05) is 42.5 Å². The van der Waals surface area contributed by atoms with Gasteiger partial charge in [-0.25, -0.2) is 0 Å². The van der Waals surface area contributed by atoms with Crippen molar-refractivity contribution in [3.8, 4) is 0 Å². The van der Waals surface area contributed by atoms with Gasteiger partial charge < -0.3 is 0 Å². The Morgan fingerprint density at radius 3 is 2.56 bits per heavy atom. The van der Waals surface area contributed by atoms with Crippen LogP contribution in [0.3, 0.4) is 0 Å². The molecule has 2 aromatic carbocycles. The van der Waals surface area contributed by atoms with E-state index < -0.39 is 0 Å². The molecule has 0 nitrogen and oxygen atoms in total. The number of benzene rings is 2. The molecule has 1 heterocycles. The second kappa shape index (κ2) is 4.11. The average Bonchev–Trinajstić information content (AvgIpc) is 2.77. The van der Waals surface area contributed by atoms with Crippen LogP contribution in [0.25, 0.3) is 10.1 Å². The lowest BCUT2D eigenvalue weighted by Crippen LogP contribution is -1.86. The molecule has 3 aromatic rings. The molecule has 0 amide bonds. The highest BCUT2D eigenvalue weighted by Gasteiger charge is 1.98. The zero-order valence-corrected chi connectivity index (χ0v) is 9.71. The van der Waals surface area contributed by atoms with Crippen LogP contribution < -0.4 is 0 Å². The van der Waals surface area contributed by atoms with Crippen LogP contribution in [-0.4, -0.2) is 0 Å². The molecule has 0 atom stereocenters. The van der Waals surface area contributed by atoms with Gasteiger partial charge in [0.05, 0.1) is 0 Å². The highest BCUT2D eigenvalue weighted by Crippen LogP contribution is 2.23. The Balaban J connectivity index is 1.94. The largest absolute Gasteiger partial charge is 0.144 e. The van der Waals surface area contributed by atoms with Gasteiger partial charge in [-0.15, -0.1) is 11.3 Å². The standard InChI is InChI=1S/C15H12S/c1-2-4-12(5-3-1)10-13-6-7-14-8-9-16-15(14)11-13/h1-9,11H,10H2. The molecular weight excluding hydrogens is 212 g/mol. The monoisotopic (exact) mass is 224 g/mol. The van der Waals surface area contributed by atoms with E-state index in [2.05, 4.69) is 60.0 Å². The first-order valence-corrected chi connectivity index (χ1v) is 6.30. The van der Waals surface area contributed by atoms with Gasteiger partial charge in [0.1, 0.15) is 0 Å². The SMILES string of the molecule is c1ccc(Cc2ccc3ccsc3c2)cc1. The van der Waals surface area contributed by atoms with E-state index in [0.29, 0.717) is 0 Å². The molecule has 78 valence electrons. The first-order chi connectivity index (χ1) is 7.92. The Bertz CT molecular complexity index is 593. The molecule has 0 unspecified atom stereocenters. The minimum absolute atomic E-state index is 1.02. The molecule has 0 fully saturated rings. The summed E-state index contributed by atoms with van der Waals surface area (Å²) in [6.07, 6.45) is 1.02. The van der Waals surface area contributed by atoms with E-state index in [9.17, 15) is 0 Å². The van der Waals surface area contributed by atoms with Gasteiger partial charge in [-0.3, -0.25) is 0 Å². The molecule has 0 aliphatic carbocycles. The first-order valence-electron chi connectivity index (χ1n) is 5.42. The van der Waals surface area contributed by atoms with Crippen molar-refractivity contribution in [2.75, 3.05) is 0 Å². The molecule has 16 heavy (non-hydrogen) atoms. The summed E-state index contributed by atoms with van der Waals surface area (Å²) in [5.41, 5.74) is 2.76. The third kappa shape index (κ3) is 1.86. The van der Waals surface area contributed by atoms with Gasteiger partial charge >= 0.3 is 0 Å². The Morgan fingerprint density at radius 2 is 1.69 bits per heavy atom. The quantitative estimate of drug-likeness (QED) is 0.601. The summed E-state index contributed by atoms with van der Waals surface area (Å²) in [7, 11) is 0. The summed E-state index contributed by atoms with van der Waals surface area (Å²) in [4.78, 5) is 0. The number of hydrogen-bond acceptors (Lipinski definition) is 1. The van der Waals surface area contributed by atoms with Crippen molar-refractivity contribution < 1.29 is 0 Å². The van der Waals surface area contributed by atoms with E-state index in [0.717, 1.165) is 6.42 Å². The molecule has 0 aliphatic rings. The third-order valence-electron chi connectivity index (χ3n) is 2.77. The van der Waals surface area contributed by atoms with Gasteiger partial charge in [-0.2, -0.15) is 0 Å². The van der Waals surface area contributed by atoms with Crippen LogP contribution in [0, 0.1) is 0 Å². The maximum Gasteiger partial charge on any atom is 0.0345 e. The Hall–Kier alpha value is -1.60. The van der Waals surface area contributed by atoms with Crippen molar-refractivity contribution in [2.24, 2.45) is 0 Å². The molecule has 0 aliphatic heterocycles. The van der Waals surface area contributed by atoms with Crippen molar-refractivity contribution >= 4 is 21.4 Å². The summed E-state index contributed by atoms with van der Waals surface area (Å²) < 4.78 is 1.38. The van der Waals surface area contributed by atoms with Crippen molar-refractivity contribution in [3.05, 3.63) is 71.1 Å². The molecule has 0 spiro atoms. The fourth-order valence-electron chi connectivity index (χ4n) is 1.94. The number of thiophene rings is 1. The second-order valence-electron chi connectivity index (χ2n) is 3.96. The molecule has 3 rings (SSSR count). The summed E-state index contributed by atoms with van der Waals surface area (Å²) in [6.45, 7) is 0. The Labute approximate surface area is 99.2 Å². The topological polar surface area (TPSA) is 0 Å². The van der Waals surface area contributed by atoms with Gasteiger partial charge in [0.2, 0.25) is 0 Å². The maximum atomic E-state index is 2.30. The highest BCUT2D eigenvalue weighted by molar-refractivity contribution is 7.17. The summed E-state index contributed by atoms with van der Waals surface area (Å²) in [5.74, 6) is 0. The van der Waals surface area contributed by atoms with Crippen molar-refractivity contribution in [2.45, 2.75) is 6.42 Å². The molecule has 0 radical (unpaired) electrons. The van der Waals surface area contributed by atoms with Crippen LogP contribution in [-0.2, 0) is 6.42 Å². The molecule has 0 N–H and O–H groups in total. The maximum absolute atomic E-state index is 2.30. The normalized spacial score (nSPS) is 10.8. The zero-order chi connectivity index (χ0) is 10.8. The predicted octanol–water partition coefficient (Wildman–Crippen LogP) is 4.49. The van der Waals surface area contributed by atoms with Crippen LogP contribution >= 0.6 is 11.3 Å². The van der Waals surface area contributed by atoms with Crippen LogP contribution in [0.5, 0.6) is 0 Å². The number of rotatable bonds is 2. The van der Waals surface area contributed by atoms with Crippen molar-refractivity contribution in [3.63, 3.8) is 0 Å². The lowest BCUT2D eigenvalue weighted by atomic mass is 10.0. The van der Waals surface area contributed by atoms with E-state index in [4.69, 9.17) is 0 Å². The van der Waals surface area contributed by atoms with E-state index >= 15 is 0 Å².